The zero-order valence-corrected chi connectivity index (χ0v) is 12.2. The quantitative estimate of drug-likeness (QED) is 0.884. The first-order chi connectivity index (χ1) is 9.16. The Kier molecular flexibility index (Phi) is 3.41. The van der Waals surface area contributed by atoms with E-state index in [0.717, 1.165) is 34.4 Å². The van der Waals surface area contributed by atoms with Crippen molar-refractivity contribution in [3.63, 3.8) is 0 Å². The molecule has 1 fully saturated rings. The maximum Gasteiger partial charge on any atom is 0.126 e. The summed E-state index contributed by atoms with van der Waals surface area (Å²) in [7, 11) is 0. The van der Waals surface area contributed by atoms with Gasteiger partial charge >= 0.3 is 0 Å². The number of hydrogen-bond acceptors (Lipinski definition) is 2. The Balaban J connectivity index is 1.99. The highest BCUT2D eigenvalue weighted by Crippen LogP contribution is 2.35. The second-order valence-corrected chi connectivity index (χ2v) is 5.71. The van der Waals surface area contributed by atoms with Crippen molar-refractivity contribution < 1.29 is 4.39 Å². The van der Waals surface area contributed by atoms with Crippen LogP contribution in [0.5, 0.6) is 0 Å². The molecule has 5 heteroatoms. The lowest BCUT2D eigenvalue weighted by atomic mass is 10.1. The molecule has 1 atom stereocenters. The zero-order valence-electron chi connectivity index (χ0n) is 10.6. The molecule has 1 saturated heterocycles. The highest BCUT2D eigenvalue weighted by Gasteiger charge is 2.23. The van der Waals surface area contributed by atoms with E-state index >= 15 is 0 Å². The van der Waals surface area contributed by atoms with Crippen molar-refractivity contribution in [3.05, 3.63) is 39.7 Å². The van der Waals surface area contributed by atoms with Gasteiger partial charge in [0.2, 0.25) is 0 Å². The lowest BCUT2D eigenvalue weighted by Crippen LogP contribution is -2.13. The third-order valence-electron chi connectivity index (χ3n) is 3.57. The average molecular weight is 324 g/mol. The largest absolute Gasteiger partial charge is 0.309 e. The van der Waals surface area contributed by atoms with E-state index in [1.165, 1.54) is 12.5 Å². The summed E-state index contributed by atoms with van der Waals surface area (Å²) < 4.78 is 14.3. The number of nitrogens with zero attached hydrogens (tertiary/aromatic N) is 1. The van der Waals surface area contributed by atoms with Crippen molar-refractivity contribution in [1.82, 2.24) is 15.5 Å². The fourth-order valence-electron chi connectivity index (χ4n) is 2.49. The van der Waals surface area contributed by atoms with Crippen LogP contribution >= 0.6 is 15.9 Å². The number of nitrogens with one attached hydrogen (secondary N) is 2. The monoisotopic (exact) mass is 323 g/mol. The summed E-state index contributed by atoms with van der Waals surface area (Å²) in [6.07, 6.45) is 2.30. The molecule has 1 aromatic heterocycles. The molecule has 0 aliphatic carbocycles. The summed E-state index contributed by atoms with van der Waals surface area (Å²) in [5.41, 5.74) is 3.47. The first-order valence-corrected chi connectivity index (χ1v) is 7.20. The zero-order chi connectivity index (χ0) is 13.4. The predicted octanol–water partition coefficient (Wildman–Crippen LogP) is 3.71. The van der Waals surface area contributed by atoms with E-state index in [-0.39, 0.29) is 5.82 Å². The lowest BCUT2D eigenvalue weighted by Gasteiger charge is -2.08. The molecular formula is C14H15BrFN3. The number of rotatable bonds is 2. The summed E-state index contributed by atoms with van der Waals surface area (Å²) in [6.45, 7) is 2.81. The number of aromatic amines is 1. The van der Waals surface area contributed by atoms with Crippen LogP contribution in [0.1, 0.15) is 30.1 Å². The minimum Gasteiger partial charge on any atom is -0.309 e. The van der Waals surface area contributed by atoms with Crippen LogP contribution in [0.2, 0.25) is 0 Å². The van der Waals surface area contributed by atoms with Gasteiger partial charge < -0.3 is 5.32 Å². The van der Waals surface area contributed by atoms with Crippen molar-refractivity contribution in [3.8, 4) is 11.3 Å². The molecule has 19 heavy (non-hydrogen) atoms. The predicted molar refractivity (Wildman–Crippen MR) is 76.4 cm³/mol. The maximum absolute atomic E-state index is 13.3. The van der Waals surface area contributed by atoms with E-state index in [1.54, 1.807) is 13.0 Å². The summed E-state index contributed by atoms with van der Waals surface area (Å²) in [6, 6.07) is 5.40. The first kappa shape index (κ1) is 12.8. The minimum atomic E-state index is -0.187. The Labute approximate surface area is 119 Å². The smallest absolute Gasteiger partial charge is 0.126 e. The summed E-state index contributed by atoms with van der Waals surface area (Å²) in [5, 5.41) is 10.9. The van der Waals surface area contributed by atoms with Gasteiger partial charge in [0.05, 0.1) is 16.2 Å². The molecule has 1 aliphatic rings. The van der Waals surface area contributed by atoms with Crippen molar-refractivity contribution >= 4 is 15.9 Å². The number of hydrogen-bond donors (Lipinski definition) is 2. The Hall–Kier alpha value is -1.20. The standard InChI is InChI=1S/C14H15BrFN3/c1-8-7-9(4-5-10(8)16)13-12(15)14(19-18-13)11-3-2-6-17-11/h4-5,7,11,17H,2-3,6H2,1H3,(H,18,19). The summed E-state index contributed by atoms with van der Waals surface area (Å²) in [5.74, 6) is -0.187. The highest BCUT2D eigenvalue weighted by molar-refractivity contribution is 9.10. The number of halogens is 2. The molecule has 0 radical (unpaired) electrons. The SMILES string of the molecule is Cc1cc(-c2n[nH]c(C3CCCN3)c2Br)ccc1F. The molecule has 0 bridgehead atoms. The van der Waals surface area contributed by atoms with Gasteiger partial charge in [-0.2, -0.15) is 5.10 Å². The summed E-state index contributed by atoms with van der Waals surface area (Å²) >= 11 is 3.61. The van der Waals surface area contributed by atoms with Gasteiger partial charge in [-0.1, -0.05) is 0 Å². The van der Waals surface area contributed by atoms with Gasteiger partial charge in [-0.15, -0.1) is 0 Å². The van der Waals surface area contributed by atoms with E-state index in [0.29, 0.717) is 11.6 Å². The van der Waals surface area contributed by atoms with Gasteiger partial charge in [-0.25, -0.2) is 4.39 Å². The Morgan fingerprint density at radius 2 is 2.26 bits per heavy atom. The fraction of sp³-hybridized carbons (Fsp3) is 0.357. The van der Waals surface area contributed by atoms with Gasteiger partial charge in [-0.3, -0.25) is 5.10 Å². The third kappa shape index (κ3) is 2.32. The molecule has 0 saturated carbocycles. The molecule has 100 valence electrons. The van der Waals surface area contributed by atoms with Crippen LogP contribution in [0.15, 0.2) is 22.7 Å². The van der Waals surface area contributed by atoms with Crippen LogP contribution in [0.4, 0.5) is 4.39 Å². The normalized spacial score (nSPS) is 19.0. The first-order valence-electron chi connectivity index (χ1n) is 6.40. The maximum atomic E-state index is 13.3. The average Bonchev–Trinajstić information content (AvgIpc) is 3.02. The van der Waals surface area contributed by atoms with Gasteiger partial charge in [-0.05, 0) is 66.0 Å². The minimum absolute atomic E-state index is 0.187. The van der Waals surface area contributed by atoms with Crippen LogP contribution in [0.25, 0.3) is 11.3 Å². The van der Waals surface area contributed by atoms with Crippen LogP contribution in [0.3, 0.4) is 0 Å². The van der Waals surface area contributed by atoms with Gasteiger partial charge in [0.1, 0.15) is 11.5 Å². The second kappa shape index (κ2) is 5.06. The molecule has 1 aliphatic heterocycles. The molecule has 3 nitrogen and oxygen atoms in total. The topological polar surface area (TPSA) is 40.7 Å². The van der Waals surface area contributed by atoms with E-state index in [9.17, 15) is 4.39 Å². The van der Waals surface area contributed by atoms with Crippen LogP contribution in [0, 0.1) is 12.7 Å². The van der Waals surface area contributed by atoms with Crippen molar-refractivity contribution in [2.24, 2.45) is 0 Å². The van der Waals surface area contributed by atoms with E-state index in [1.807, 2.05) is 6.07 Å². The fourth-order valence-corrected chi connectivity index (χ4v) is 3.17. The molecule has 2 N–H and O–H groups in total. The molecule has 2 aromatic rings. The number of H-pyrrole nitrogens is 1. The Morgan fingerprint density at radius 3 is 2.95 bits per heavy atom. The van der Waals surface area contributed by atoms with E-state index < -0.39 is 0 Å². The molecule has 0 spiro atoms. The van der Waals surface area contributed by atoms with E-state index in [4.69, 9.17) is 0 Å². The van der Waals surface area contributed by atoms with Crippen molar-refractivity contribution in [2.45, 2.75) is 25.8 Å². The van der Waals surface area contributed by atoms with Crippen molar-refractivity contribution in [2.75, 3.05) is 6.54 Å². The van der Waals surface area contributed by atoms with Gasteiger partial charge in [0.25, 0.3) is 0 Å². The van der Waals surface area contributed by atoms with Crippen LogP contribution in [-0.4, -0.2) is 16.7 Å². The Morgan fingerprint density at radius 1 is 1.42 bits per heavy atom. The molecular weight excluding hydrogens is 309 g/mol. The number of benzene rings is 1. The van der Waals surface area contributed by atoms with Gasteiger partial charge in [0.15, 0.2) is 0 Å². The molecule has 1 aromatic carbocycles. The molecule has 0 amide bonds. The number of aryl methyl sites for hydroxylation is 1. The van der Waals surface area contributed by atoms with Crippen LogP contribution in [-0.2, 0) is 0 Å². The third-order valence-corrected chi connectivity index (χ3v) is 4.38. The van der Waals surface area contributed by atoms with Crippen LogP contribution < -0.4 is 5.32 Å². The second-order valence-electron chi connectivity index (χ2n) is 4.91. The molecule has 1 unspecified atom stereocenters. The highest BCUT2D eigenvalue weighted by atomic mass is 79.9. The lowest BCUT2D eigenvalue weighted by molar-refractivity contribution is 0.618. The van der Waals surface area contributed by atoms with E-state index in [2.05, 4.69) is 31.4 Å². The number of aromatic nitrogens is 2. The molecule has 3 rings (SSSR count). The van der Waals surface area contributed by atoms with Crippen molar-refractivity contribution in [1.29, 1.82) is 0 Å². The van der Waals surface area contributed by atoms with Gasteiger partial charge in [0, 0.05) is 5.56 Å². The molecule has 2 heterocycles. The summed E-state index contributed by atoms with van der Waals surface area (Å²) in [4.78, 5) is 0. The Bertz CT molecular complexity index is 603.